The second kappa shape index (κ2) is 9.02. The number of carbonyl (C=O) groups is 1. The summed E-state index contributed by atoms with van der Waals surface area (Å²) in [5.41, 5.74) is 4.79. The number of pyridine rings is 1. The van der Waals surface area contributed by atoms with Crippen LogP contribution in [0.25, 0.3) is 0 Å². The average Bonchev–Trinajstić information content (AvgIpc) is 2.63. The van der Waals surface area contributed by atoms with Gasteiger partial charge in [0.1, 0.15) is 12.4 Å². The lowest BCUT2D eigenvalue weighted by Crippen LogP contribution is -2.25. The quantitative estimate of drug-likeness (QED) is 0.563. The first-order chi connectivity index (χ1) is 12.8. The molecule has 27 heavy (non-hydrogen) atoms. The van der Waals surface area contributed by atoms with Crippen molar-refractivity contribution in [3.63, 3.8) is 0 Å². The highest BCUT2D eigenvalue weighted by Gasteiger charge is 2.34. The van der Waals surface area contributed by atoms with Gasteiger partial charge in [0.25, 0.3) is 0 Å². The van der Waals surface area contributed by atoms with Gasteiger partial charge in [0.15, 0.2) is 5.78 Å². The third-order valence-corrected chi connectivity index (χ3v) is 5.13. The van der Waals surface area contributed by atoms with Gasteiger partial charge < -0.3 is 14.7 Å². The predicted octanol–water partition coefficient (Wildman–Crippen LogP) is 4.47. The van der Waals surface area contributed by atoms with Gasteiger partial charge in [-0.2, -0.15) is 0 Å². The lowest BCUT2D eigenvalue weighted by atomic mass is 9.79. The van der Waals surface area contributed by atoms with Crippen molar-refractivity contribution >= 4 is 11.5 Å². The number of aliphatic hydroxyl groups excluding tert-OH is 1. The maximum Gasteiger partial charge on any atom is 0.217 e. The monoisotopic (exact) mass is 374 g/mol. The number of rotatable bonds is 7. The fourth-order valence-electron chi connectivity index (χ4n) is 3.59. The van der Waals surface area contributed by atoms with Crippen LogP contribution in [0.15, 0.2) is 16.5 Å². The first kappa shape index (κ1) is 20.9. The van der Waals surface area contributed by atoms with Crippen molar-refractivity contribution in [1.29, 1.82) is 0 Å². The lowest BCUT2D eigenvalue weighted by molar-refractivity contribution is -0.116. The van der Waals surface area contributed by atoms with Crippen LogP contribution in [-0.2, 0) is 9.63 Å². The summed E-state index contributed by atoms with van der Waals surface area (Å²) in [6.45, 7) is 10.2. The Morgan fingerprint density at radius 2 is 1.93 bits per heavy atom. The second-order valence-corrected chi connectivity index (χ2v) is 6.93. The van der Waals surface area contributed by atoms with Gasteiger partial charge in [0.2, 0.25) is 5.88 Å². The minimum atomic E-state index is -0.169. The van der Waals surface area contributed by atoms with Crippen LogP contribution in [0.5, 0.6) is 5.88 Å². The molecular formula is C21H30N2O4. The van der Waals surface area contributed by atoms with E-state index < -0.39 is 0 Å². The Bertz CT molecular complexity index is 781. The van der Waals surface area contributed by atoms with Crippen molar-refractivity contribution in [3.8, 4) is 5.88 Å². The van der Waals surface area contributed by atoms with E-state index in [-0.39, 0.29) is 23.9 Å². The van der Waals surface area contributed by atoms with Gasteiger partial charge in [-0.25, -0.2) is 4.98 Å². The Hall–Kier alpha value is -2.37. The van der Waals surface area contributed by atoms with E-state index in [1.165, 1.54) is 0 Å². The number of aliphatic hydroxyl groups is 1. The Morgan fingerprint density at radius 1 is 1.22 bits per heavy atom. The number of aromatic nitrogens is 1. The highest BCUT2D eigenvalue weighted by Crippen LogP contribution is 2.40. The largest absolute Gasteiger partial charge is 0.511 e. The molecule has 6 nitrogen and oxygen atoms in total. The molecule has 1 heterocycles. The molecule has 1 aliphatic carbocycles. The molecule has 0 amide bonds. The fraction of sp³-hybridized carbons (Fsp3) is 0.571. The standard InChI is InChI=1S/C21H30N2O4/c1-7-9-16(23-27-8-2)20-17(24)10-15(11-18(20)25)19-13(4)12(3)14(5)22-21(19)26-6/h15,24H,7-11H2,1-6H3. The van der Waals surface area contributed by atoms with E-state index in [1.54, 1.807) is 7.11 Å². The molecule has 0 radical (unpaired) electrons. The topological polar surface area (TPSA) is 81.0 Å². The molecule has 0 bridgehead atoms. The normalized spacial score (nSPS) is 18.1. The van der Waals surface area contributed by atoms with Crippen LogP contribution in [-0.4, -0.2) is 35.3 Å². The molecule has 1 atom stereocenters. The van der Waals surface area contributed by atoms with Gasteiger partial charge in [-0.15, -0.1) is 0 Å². The van der Waals surface area contributed by atoms with E-state index in [0.717, 1.165) is 28.8 Å². The first-order valence-corrected chi connectivity index (χ1v) is 9.51. The van der Waals surface area contributed by atoms with E-state index in [4.69, 9.17) is 9.57 Å². The third kappa shape index (κ3) is 4.31. The number of hydrogen-bond donors (Lipinski definition) is 1. The summed E-state index contributed by atoms with van der Waals surface area (Å²) in [6, 6.07) is 0. The van der Waals surface area contributed by atoms with Crippen LogP contribution in [0, 0.1) is 20.8 Å². The number of nitrogens with zero attached hydrogens (tertiary/aromatic N) is 2. The van der Waals surface area contributed by atoms with Crippen LogP contribution in [0.4, 0.5) is 0 Å². The molecule has 2 rings (SSSR count). The van der Waals surface area contributed by atoms with Gasteiger partial charge in [0.05, 0.1) is 18.4 Å². The number of carbonyl (C=O) groups excluding carboxylic acids is 1. The zero-order valence-corrected chi connectivity index (χ0v) is 17.2. The SMILES string of the molecule is CCCC(=NOCC)C1=C(O)CC(c2c(OC)nc(C)c(C)c2C)CC1=O. The number of allylic oxidation sites excluding steroid dienone is 2. The number of hydrogen-bond acceptors (Lipinski definition) is 6. The zero-order chi connectivity index (χ0) is 20.1. The summed E-state index contributed by atoms with van der Waals surface area (Å²) in [5.74, 6) is 0.317. The van der Waals surface area contributed by atoms with Gasteiger partial charge >= 0.3 is 0 Å². The first-order valence-electron chi connectivity index (χ1n) is 9.51. The summed E-state index contributed by atoms with van der Waals surface area (Å²) in [5, 5.41) is 14.8. The summed E-state index contributed by atoms with van der Waals surface area (Å²) >= 11 is 0. The van der Waals surface area contributed by atoms with E-state index in [9.17, 15) is 9.90 Å². The Kier molecular flexibility index (Phi) is 6.99. The Morgan fingerprint density at radius 3 is 2.48 bits per heavy atom. The molecule has 1 aromatic rings. The molecule has 0 aliphatic heterocycles. The van der Waals surface area contributed by atoms with Crippen molar-refractivity contribution in [2.75, 3.05) is 13.7 Å². The average molecular weight is 374 g/mol. The molecule has 0 spiro atoms. The maximum absolute atomic E-state index is 12.9. The fourth-order valence-corrected chi connectivity index (χ4v) is 3.59. The third-order valence-electron chi connectivity index (χ3n) is 5.13. The van der Waals surface area contributed by atoms with Gasteiger partial charge in [0, 0.05) is 30.0 Å². The van der Waals surface area contributed by atoms with Gasteiger partial charge in [-0.05, 0) is 45.2 Å². The van der Waals surface area contributed by atoms with Crippen molar-refractivity contribution in [2.24, 2.45) is 5.16 Å². The number of ketones is 1. The van der Waals surface area contributed by atoms with Gasteiger partial charge in [-0.1, -0.05) is 18.5 Å². The molecule has 1 aliphatic rings. The molecule has 0 fully saturated rings. The van der Waals surface area contributed by atoms with Crippen LogP contribution in [0.3, 0.4) is 0 Å². The number of aryl methyl sites for hydroxylation is 1. The van der Waals surface area contributed by atoms with Crippen LogP contribution >= 0.6 is 0 Å². The van der Waals surface area contributed by atoms with E-state index >= 15 is 0 Å². The number of oxime groups is 1. The van der Waals surface area contributed by atoms with Crippen molar-refractivity contribution in [3.05, 3.63) is 33.7 Å². The van der Waals surface area contributed by atoms with E-state index in [2.05, 4.69) is 10.1 Å². The smallest absolute Gasteiger partial charge is 0.217 e. The predicted molar refractivity (Wildman–Crippen MR) is 106 cm³/mol. The number of Topliss-reactive ketones (excluding diaryl/α,β-unsaturated/α-hetero) is 1. The molecule has 0 aromatic carbocycles. The number of ether oxygens (including phenoxy) is 1. The molecule has 1 aromatic heterocycles. The van der Waals surface area contributed by atoms with Gasteiger partial charge in [-0.3, -0.25) is 4.79 Å². The minimum absolute atomic E-state index is 0.0721. The second-order valence-electron chi connectivity index (χ2n) is 6.93. The van der Waals surface area contributed by atoms with Crippen LogP contribution < -0.4 is 4.74 Å². The Labute approximate surface area is 161 Å². The molecule has 6 heteroatoms. The maximum atomic E-state index is 12.9. The van der Waals surface area contributed by atoms with Crippen molar-refractivity contribution in [1.82, 2.24) is 4.98 Å². The summed E-state index contributed by atoms with van der Waals surface area (Å²) in [7, 11) is 1.58. The number of methoxy groups -OCH3 is 1. The highest BCUT2D eigenvalue weighted by molar-refractivity contribution is 6.23. The van der Waals surface area contributed by atoms with E-state index in [0.29, 0.717) is 36.6 Å². The summed E-state index contributed by atoms with van der Waals surface area (Å²) < 4.78 is 5.49. The zero-order valence-electron chi connectivity index (χ0n) is 17.2. The Balaban J connectivity index is 2.46. The molecule has 148 valence electrons. The van der Waals surface area contributed by atoms with Crippen molar-refractivity contribution in [2.45, 2.75) is 66.2 Å². The van der Waals surface area contributed by atoms with Crippen molar-refractivity contribution < 1.29 is 19.5 Å². The molecule has 1 unspecified atom stereocenters. The van der Waals surface area contributed by atoms with Crippen LogP contribution in [0.2, 0.25) is 0 Å². The molecule has 0 saturated carbocycles. The highest BCUT2D eigenvalue weighted by atomic mass is 16.6. The van der Waals surface area contributed by atoms with E-state index in [1.807, 2.05) is 34.6 Å². The summed E-state index contributed by atoms with van der Waals surface area (Å²) in [4.78, 5) is 22.6. The summed E-state index contributed by atoms with van der Waals surface area (Å²) in [6.07, 6.45) is 2.05. The molecule has 1 N–H and O–H groups in total. The minimum Gasteiger partial charge on any atom is -0.511 e. The molecule has 0 saturated heterocycles. The van der Waals surface area contributed by atoms with Crippen LogP contribution in [0.1, 0.15) is 67.8 Å². The lowest BCUT2D eigenvalue weighted by Gasteiger charge is -2.27. The molecular weight excluding hydrogens is 344 g/mol.